The van der Waals surface area contributed by atoms with Gasteiger partial charge in [-0.2, -0.15) is 0 Å². The van der Waals surface area contributed by atoms with E-state index in [0.29, 0.717) is 19.0 Å². The second-order valence-corrected chi connectivity index (χ2v) is 6.14. The Morgan fingerprint density at radius 3 is 2.26 bits per heavy atom. The minimum atomic E-state index is -0.0439. The Kier molecular flexibility index (Phi) is 6.59. The van der Waals surface area contributed by atoms with Crippen molar-refractivity contribution in [1.29, 1.82) is 0 Å². The number of hydrogen-bond acceptors (Lipinski definition) is 3. The summed E-state index contributed by atoms with van der Waals surface area (Å²) >= 11 is 0. The fourth-order valence-electron chi connectivity index (χ4n) is 2.88. The minimum Gasteiger partial charge on any atom is -0.326 e. The lowest BCUT2D eigenvalue weighted by Gasteiger charge is -2.22. The number of carbonyl (C=O) groups is 2. The molecule has 1 aliphatic rings. The Hall–Kier alpha value is -1.88. The van der Waals surface area contributed by atoms with Gasteiger partial charge in [-0.1, -0.05) is 32.3 Å². The quantitative estimate of drug-likeness (QED) is 0.754. The fraction of sp³-hybridized carbons (Fsp3) is 0.556. The fourth-order valence-corrected chi connectivity index (χ4v) is 2.88. The van der Waals surface area contributed by atoms with E-state index in [0.717, 1.165) is 29.8 Å². The third-order valence-electron chi connectivity index (χ3n) is 4.36. The van der Waals surface area contributed by atoms with Crippen molar-refractivity contribution in [3.63, 3.8) is 0 Å². The number of carbonyl (C=O) groups excluding carboxylic acids is 2. The largest absolute Gasteiger partial charge is 0.326 e. The summed E-state index contributed by atoms with van der Waals surface area (Å²) in [7, 11) is 0. The maximum Gasteiger partial charge on any atom is 0.238 e. The first-order valence-corrected chi connectivity index (χ1v) is 8.53. The van der Waals surface area contributed by atoms with Crippen molar-refractivity contribution in [2.24, 2.45) is 0 Å². The molecule has 1 aromatic carbocycles. The highest BCUT2D eigenvalue weighted by Gasteiger charge is 2.14. The van der Waals surface area contributed by atoms with Crippen LogP contribution in [-0.2, 0) is 9.59 Å². The lowest BCUT2D eigenvalue weighted by molar-refractivity contribution is -0.116. The number of hydrogen-bond donors (Lipinski definition) is 3. The molecule has 0 heterocycles. The van der Waals surface area contributed by atoms with Crippen molar-refractivity contribution in [3.05, 3.63) is 23.8 Å². The van der Waals surface area contributed by atoms with Crippen molar-refractivity contribution in [3.8, 4) is 0 Å². The highest BCUT2D eigenvalue weighted by molar-refractivity contribution is 5.96. The maximum absolute atomic E-state index is 12.1. The Balaban J connectivity index is 1.89. The molecule has 5 heteroatoms. The van der Waals surface area contributed by atoms with Gasteiger partial charge in [-0.25, -0.2) is 0 Å². The third-order valence-corrected chi connectivity index (χ3v) is 4.36. The van der Waals surface area contributed by atoms with Crippen LogP contribution in [0.1, 0.15) is 51.0 Å². The summed E-state index contributed by atoms with van der Waals surface area (Å²) in [6.45, 7) is 4.04. The van der Waals surface area contributed by atoms with Gasteiger partial charge in [0.15, 0.2) is 0 Å². The molecule has 1 aromatic rings. The molecule has 0 atom stereocenters. The van der Waals surface area contributed by atoms with Crippen LogP contribution in [-0.4, -0.2) is 24.4 Å². The van der Waals surface area contributed by atoms with Gasteiger partial charge in [0.05, 0.1) is 6.54 Å². The minimum absolute atomic E-state index is 0.0319. The molecule has 23 heavy (non-hydrogen) atoms. The van der Waals surface area contributed by atoms with E-state index in [1.165, 1.54) is 19.3 Å². The second-order valence-electron chi connectivity index (χ2n) is 6.14. The van der Waals surface area contributed by atoms with Crippen molar-refractivity contribution >= 4 is 23.2 Å². The van der Waals surface area contributed by atoms with Gasteiger partial charge in [0.1, 0.15) is 0 Å². The molecule has 3 N–H and O–H groups in total. The Labute approximate surface area is 138 Å². The standard InChI is InChI=1S/C18H27N3O2/c1-3-17(22)20-15-10-7-11-16(13(15)2)21-18(23)12-19-14-8-5-4-6-9-14/h7,10-11,14,19H,3-6,8-9,12H2,1-2H3,(H,20,22)(H,21,23). The van der Waals surface area contributed by atoms with Crippen LogP contribution in [0, 0.1) is 6.92 Å². The smallest absolute Gasteiger partial charge is 0.238 e. The van der Waals surface area contributed by atoms with Gasteiger partial charge in [-0.05, 0) is 37.5 Å². The topological polar surface area (TPSA) is 70.2 Å². The van der Waals surface area contributed by atoms with Crippen molar-refractivity contribution in [2.75, 3.05) is 17.2 Å². The molecular formula is C18H27N3O2. The van der Waals surface area contributed by atoms with Crippen LogP contribution in [0.2, 0.25) is 0 Å². The van der Waals surface area contributed by atoms with Gasteiger partial charge in [-0.15, -0.1) is 0 Å². The van der Waals surface area contributed by atoms with Gasteiger partial charge >= 0.3 is 0 Å². The second kappa shape index (κ2) is 8.67. The molecule has 0 bridgehead atoms. The number of benzene rings is 1. The van der Waals surface area contributed by atoms with Gasteiger partial charge in [0, 0.05) is 23.8 Å². The highest BCUT2D eigenvalue weighted by atomic mass is 16.2. The van der Waals surface area contributed by atoms with E-state index in [1.807, 2.05) is 32.0 Å². The normalized spacial score (nSPS) is 15.2. The average Bonchev–Trinajstić information content (AvgIpc) is 2.57. The zero-order valence-electron chi connectivity index (χ0n) is 14.1. The molecule has 2 amide bonds. The Bertz CT molecular complexity index is 551. The summed E-state index contributed by atoms with van der Waals surface area (Å²) in [5, 5.41) is 9.12. The highest BCUT2D eigenvalue weighted by Crippen LogP contribution is 2.23. The molecule has 2 rings (SSSR count). The number of anilines is 2. The molecule has 0 aromatic heterocycles. The van der Waals surface area contributed by atoms with Crippen LogP contribution in [0.15, 0.2) is 18.2 Å². The van der Waals surface area contributed by atoms with Crippen molar-refractivity contribution < 1.29 is 9.59 Å². The summed E-state index contributed by atoms with van der Waals surface area (Å²) in [5.41, 5.74) is 2.37. The molecule has 0 spiro atoms. The number of rotatable bonds is 6. The average molecular weight is 317 g/mol. The van der Waals surface area contributed by atoms with Gasteiger partial charge < -0.3 is 16.0 Å². The van der Waals surface area contributed by atoms with E-state index in [-0.39, 0.29) is 11.8 Å². The zero-order valence-corrected chi connectivity index (χ0v) is 14.1. The molecule has 0 aliphatic heterocycles. The van der Waals surface area contributed by atoms with Crippen LogP contribution in [0.5, 0.6) is 0 Å². The Morgan fingerprint density at radius 1 is 1.04 bits per heavy atom. The van der Waals surface area contributed by atoms with E-state index in [2.05, 4.69) is 16.0 Å². The summed E-state index contributed by atoms with van der Waals surface area (Å²) in [4.78, 5) is 23.7. The zero-order chi connectivity index (χ0) is 16.7. The molecule has 0 unspecified atom stereocenters. The van der Waals surface area contributed by atoms with E-state index in [4.69, 9.17) is 0 Å². The van der Waals surface area contributed by atoms with E-state index in [1.54, 1.807) is 0 Å². The van der Waals surface area contributed by atoms with E-state index < -0.39 is 0 Å². The molecular weight excluding hydrogens is 290 g/mol. The van der Waals surface area contributed by atoms with Crippen LogP contribution >= 0.6 is 0 Å². The van der Waals surface area contributed by atoms with Crippen LogP contribution in [0.4, 0.5) is 11.4 Å². The van der Waals surface area contributed by atoms with Crippen molar-refractivity contribution in [1.82, 2.24) is 5.32 Å². The molecule has 126 valence electrons. The summed E-state index contributed by atoms with van der Waals surface area (Å²) in [6.07, 6.45) is 6.55. The molecule has 0 saturated heterocycles. The number of nitrogens with one attached hydrogen (secondary N) is 3. The van der Waals surface area contributed by atoms with Crippen LogP contribution < -0.4 is 16.0 Å². The Morgan fingerprint density at radius 2 is 1.65 bits per heavy atom. The van der Waals surface area contributed by atoms with Crippen molar-refractivity contribution in [2.45, 2.75) is 58.4 Å². The summed E-state index contributed by atoms with van der Waals surface area (Å²) in [5.74, 6) is -0.0758. The first-order chi connectivity index (χ1) is 11.1. The molecule has 1 saturated carbocycles. The van der Waals surface area contributed by atoms with Gasteiger partial charge in [-0.3, -0.25) is 9.59 Å². The third kappa shape index (κ3) is 5.36. The van der Waals surface area contributed by atoms with Gasteiger partial charge in [0.25, 0.3) is 0 Å². The lowest BCUT2D eigenvalue weighted by atomic mass is 9.95. The van der Waals surface area contributed by atoms with Gasteiger partial charge in [0.2, 0.25) is 11.8 Å². The lowest BCUT2D eigenvalue weighted by Crippen LogP contribution is -2.37. The molecule has 5 nitrogen and oxygen atoms in total. The van der Waals surface area contributed by atoms with E-state index in [9.17, 15) is 9.59 Å². The maximum atomic E-state index is 12.1. The first kappa shape index (κ1) is 17.5. The monoisotopic (exact) mass is 317 g/mol. The summed E-state index contributed by atoms with van der Waals surface area (Å²) < 4.78 is 0. The predicted molar refractivity (Wildman–Crippen MR) is 93.6 cm³/mol. The predicted octanol–water partition coefficient (Wildman–Crippen LogP) is 3.20. The molecule has 0 radical (unpaired) electrons. The SMILES string of the molecule is CCC(=O)Nc1cccc(NC(=O)CNC2CCCCC2)c1C. The summed E-state index contributed by atoms with van der Waals surface area (Å²) in [6, 6.07) is 6.00. The molecule has 1 aliphatic carbocycles. The molecule has 1 fully saturated rings. The van der Waals surface area contributed by atoms with Crippen LogP contribution in [0.25, 0.3) is 0 Å². The first-order valence-electron chi connectivity index (χ1n) is 8.53. The number of amides is 2. The van der Waals surface area contributed by atoms with Crippen LogP contribution in [0.3, 0.4) is 0 Å². The van der Waals surface area contributed by atoms with E-state index >= 15 is 0 Å².